The molecule has 18 heavy (non-hydrogen) atoms. The molecule has 0 saturated heterocycles. The predicted molar refractivity (Wildman–Crippen MR) is 81.2 cm³/mol. The Morgan fingerprint density at radius 1 is 1.50 bits per heavy atom. The molecule has 0 heterocycles. The van der Waals surface area contributed by atoms with E-state index in [1.165, 1.54) is 5.56 Å². The number of hydrogen-bond acceptors (Lipinski definition) is 2. The molecule has 0 spiro atoms. The van der Waals surface area contributed by atoms with Crippen LogP contribution in [-0.2, 0) is 0 Å². The largest absolute Gasteiger partial charge is 0.496 e. The molecule has 0 aliphatic carbocycles. The molecule has 1 aromatic rings. The fraction of sp³-hybridized carbons (Fsp3) is 0.467. The van der Waals surface area contributed by atoms with Crippen molar-refractivity contribution < 1.29 is 4.74 Å². The lowest BCUT2D eigenvalue weighted by Crippen LogP contribution is -2.21. The van der Waals surface area contributed by atoms with Crippen molar-refractivity contribution in [3.8, 4) is 5.75 Å². The molecule has 0 bridgehead atoms. The van der Waals surface area contributed by atoms with Gasteiger partial charge in [-0.1, -0.05) is 28.9 Å². The van der Waals surface area contributed by atoms with Crippen molar-refractivity contribution in [2.75, 3.05) is 13.7 Å². The topological polar surface area (TPSA) is 21.3 Å². The summed E-state index contributed by atoms with van der Waals surface area (Å²) < 4.78 is 6.54. The summed E-state index contributed by atoms with van der Waals surface area (Å²) in [4.78, 5) is 0. The Balaban J connectivity index is 2.88. The molecule has 3 heteroatoms. The summed E-state index contributed by atoms with van der Waals surface area (Å²) in [5.74, 6) is 0.947. The van der Waals surface area contributed by atoms with E-state index in [2.05, 4.69) is 40.8 Å². The molecule has 0 aromatic heterocycles. The number of rotatable bonds is 8. The van der Waals surface area contributed by atoms with Crippen LogP contribution in [0.2, 0.25) is 0 Å². The van der Waals surface area contributed by atoms with Crippen LogP contribution in [0.3, 0.4) is 0 Å². The molecule has 0 fully saturated rings. The lowest BCUT2D eigenvalue weighted by molar-refractivity contribution is 0.394. The first-order valence-electron chi connectivity index (χ1n) is 6.40. The van der Waals surface area contributed by atoms with Gasteiger partial charge in [-0.25, -0.2) is 0 Å². The van der Waals surface area contributed by atoms with E-state index in [0.717, 1.165) is 36.0 Å². The Morgan fingerprint density at radius 3 is 2.89 bits per heavy atom. The first-order valence-corrected chi connectivity index (χ1v) is 7.20. The van der Waals surface area contributed by atoms with Crippen LogP contribution in [0.4, 0.5) is 0 Å². The van der Waals surface area contributed by atoms with Gasteiger partial charge in [0.2, 0.25) is 0 Å². The summed E-state index contributed by atoms with van der Waals surface area (Å²) >= 11 is 3.53. The van der Waals surface area contributed by atoms with Gasteiger partial charge in [-0.05, 0) is 44.0 Å². The number of halogens is 1. The van der Waals surface area contributed by atoms with Gasteiger partial charge in [-0.3, -0.25) is 0 Å². The van der Waals surface area contributed by atoms with Gasteiger partial charge in [0.25, 0.3) is 0 Å². The van der Waals surface area contributed by atoms with Crippen LogP contribution < -0.4 is 10.1 Å². The van der Waals surface area contributed by atoms with Crippen LogP contribution in [-0.4, -0.2) is 13.7 Å². The number of nitrogens with one attached hydrogen (secondary N) is 1. The second-order valence-corrected chi connectivity index (χ2v) is 5.13. The average molecular weight is 312 g/mol. The number of ether oxygens (including phenoxy) is 1. The normalized spacial score (nSPS) is 12.2. The summed E-state index contributed by atoms with van der Waals surface area (Å²) in [6.07, 6.45) is 5.25. The highest BCUT2D eigenvalue weighted by Gasteiger charge is 2.15. The number of unbranched alkanes of at least 4 members (excludes halogenated alkanes) is 1. The number of allylic oxidation sites excluding steroid dienone is 1. The molecule has 100 valence electrons. The molecule has 1 N–H and O–H groups in total. The molecule has 0 aliphatic heterocycles. The Bertz CT molecular complexity index is 379. The predicted octanol–water partition coefficient (Wildman–Crippen LogP) is 4.46. The zero-order valence-corrected chi connectivity index (χ0v) is 12.8. The molecular weight excluding hydrogens is 290 g/mol. The van der Waals surface area contributed by atoms with Gasteiger partial charge in [0.05, 0.1) is 7.11 Å². The van der Waals surface area contributed by atoms with Crippen molar-refractivity contribution in [3.05, 3.63) is 40.9 Å². The summed E-state index contributed by atoms with van der Waals surface area (Å²) in [6.45, 7) is 6.85. The molecule has 1 aromatic carbocycles. The molecular formula is C15H22BrNO. The van der Waals surface area contributed by atoms with Crippen molar-refractivity contribution >= 4 is 15.9 Å². The molecule has 0 amide bonds. The summed E-state index contributed by atoms with van der Waals surface area (Å²) in [5.41, 5.74) is 1.22. The van der Waals surface area contributed by atoms with Crippen LogP contribution in [0.15, 0.2) is 35.3 Å². The Labute approximate surface area is 119 Å². The quantitative estimate of drug-likeness (QED) is 0.565. The Hall–Kier alpha value is -0.800. The summed E-state index contributed by atoms with van der Waals surface area (Å²) in [5, 5.41) is 3.52. The van der Waals surface area contributed by atoms with Crippen LogP contribution in [0.25, 0.3) is 0 Å². The molecule has 1 unspecified atom stereocenters. The maximum atomic E-state index is 5.45. The van der Waals surface area contributed by atoms with E-state index in [-0.39, 0.29) is 0 Å². The zero-order chi connectivity index (χ0) is 13.4. The van der Waals surface area contributed by atoms with Crippen LogP contribution >= 0.6 is 15.9 Å². The average Bonchev–Trinajstić information content (AvgIpc) is 2.38. The third-order valence-electron chi connectivity index (χ3n) is 2.92. The smallest absolute Gasteiger partial charge is 0.123 e. The van der Waals surface area contributed by atoms with Gasteiger partial charge in [-0.15, -0.1) is 6.58 Å². The van der Waals surface area contributed by atoms with Crippen molar-refractivity contribution in [2.45, 2.75) is 32.2 Å². The van der Waals surface area contributed by atoms with E-state index >= 15 is 0 Å². The third kappa shape index (κ3) is 4.46. The van der Waals surface area contributed by atoms with Crippen molar-refractivity contribution in [3.63, 3.8) is 0 Å². The maximum absolute atomic E-state index is 5.45. The standard InChI is InChI=1S/C15H22BrNO/c1-4-6-7-8-14(17-5-2)13-11-12(16)9-10-15(13)18-3/h4,9-11,14,17H,1,5-8H2,2-3H3. The Morgan fingerprint density at radius 2 is 2.28 bits per heavy atom. The highest BCUT2D eigenvalue weighted by Crippen LogP contribution is 2.31. The molecule has 0 aliphatic rings. The van der Waals surface area contributed by atoms with E-state index in [4.69, 9.17) is 4.74 Å². The minimum absolute atomic E-state index is 0.336. The maximum Gasteiger partial charge on any atom is 0.123 e. The molecule has 0 radical (unpaired) electrons. The molecule has 1 rings (SSSR count). The molecule has 0 saturated carbocycles. The van der Waals surface area contributed by atoms with E-state index in [1.54, 1.807) is 7.11 Å². The zero-order valence-electron chi connectivity index (χ0n) is 11.2. The van der Waals surface area contributed by atoms with Crippen molar-refractivity contribution in [1.82, 2.24) is 5.32 Å². The van der Waals surface area contributed by atoms with E-state index in [0.29, 0.717) is 6.04 Å². The van der Waals surface area contributed by atoms with E-state index in [9.17, 15) is 0 Å². The highest BCUT2D eigenvalue weighted by molar-refractivity contribution is 9.10. The summed E-state index contributed by atoms with van der Waals surface area (Å²) in [7, 11) is 1.72. The molecule has 1 atom stereocenters. The molecule has 2 nitrogen and oxygen atoms in total. The van der Waals surface area contributed by atoms with Crippen molar-refractivity contribution in [2.24, 2.45) is 0 Å². The minimum atomic E-state index is 0.336. The number of hydrogen-bond donors (Lipinski definition) is 1. The SMILES string of the molecule is C=CCCCC(NCC)c1cc(Br)ccc1OC. The monoisotopic (exact) mass is 311 g/mol. The van der Waals surface area contributed by atoms with Crippen LogP contribution in [0, 0.1) is 0 Å². The van der Waals surface area contributed by atoms with E-state index < -0.39 is 0 Å². The fourth-order valence-electron chi connectivity index (χ4n) is 2.06. The van der Waals surface area contributed by atoms with Gasteiger partial charge in [-0.2, -0.15) is 0 Å². The first kappa shape index (κ1) is 15.3. The van der Waals surface area contributed by atoms with Gasteiger partial charge >= 0.3 is 0 Å². The highest BCUT2D eigenvalue weighted by atomic mass is 79.9. The van der Waals surface area contributed by atoms with Crippen molar-refractivity contribution in [1.29, 1.82) is 0 Å². The fourth-order valence-corrected chi connectivity index (χ4v) is 2.44. The lowest BCUT2D eigenvalue weighted by Gasteiger charge is -2.21. The van der Waals surface area contributed by atoms with Gasteiger partial charge in [0.1, 0.15) is 5.75 Å². The number of methoxy groups -OCH3 is 1. The van der Waals surface area contributed by atoms with Crippen LogP contribution in [0.1, 0.15) is 37.8 Å². The van der Waals surface area contributed by atoms with E-state index in [1.807, 2.05) is 18.2 Å². The minimum Gasteiger partial charge on any atom is -0.496 e. The number of benzene rings is 1. The van der Waals surface area contributed by atoms with Gasteiger partial charge < -0.3 is 10.1 Å². The lowest BCUT2D eigenvalue weighted by atomic mass is 10.00. The van der Waals surface area contributed by atoms with Crippen LogP contribution in [0.5, 0.6) is 5.75 Å². The van der Waals surface area contributed by atoms with Gasteiger partial charge in [0, 0.05) is 16.1 Å². The first-order chi connectivity index (χ1) is 8.72. The summed E-state index contributed by atoms with van der Waals surface area (Å²) in [6, 6.07) is 6.49. The van der Waals surface area contributed by atoms with Gasteiger partial charge in [0.15, 0.2) is 0 Å². The second kappa shape index (κ2) is 8.33. The Kier molecular flexibility index (Phi) is 7.06. The second-order valence-electron chi connectivity index (χ2n) is 4.22. The third-order valence-corrected chi connectivity index (χ3v) is 3.41.